The zero-order valence-electron chi connectivity index (χ0n) is 20.5. The molecule has 33 heavy (non-hydrogen) atoms. The highest BCUT2D eigenvalue weighted by Crippen LogP contribution is 2.25. The Morgan fingerprint density at radius 3 is 2.21 bits per heavy atom. The number of aryl methyl sites for hydroxylation is 2. The standard InChI is InChI=1S/C29H38N2OS/c1-4-5-6-7-8-9-10-11-15-20-31-27(26-19-18-23(2)21-24(26)3)22-33-29(31)30-28(32)25-16-13-12-14-17-25/h12-14,16-19,21-22H,4-11,15,20H2,1-3H3. The quantitative estimate of drug-likeness (QED) is 0.250. The van der Waals surface area contributed by atoms with Crippen LogP contribution >= 0.6 is 11.3 Å². The molecule has 0 saturated carbocycles. The molecule has 0 radical (unpaired) electrons. The summed E-state index contributed by atoms with van der Waals surface area (Å²) in [7, 11) is 0. The molecule has 4 heteroatoms. The third-order valence-corrected chi connectivity index (χ3v) is 7.02. The van der Waals surface area contributed by atoms with Gasteiger partial charge < -0.3 is 4.57 Å². The minimum Gasteiger partial charge on any atom is -0.316 e. The van der Waals surface area contributed by atoms with Gasteiger partial charge in [0.1, 0.15) is 0 Å². The van der Waals surface area contributed by atoms with Crippen molar-refractivity contribution >= 4 is 17.2 Å². The van der Waals surface area contributed by atoms with E-state index >= 15 is 0 Å². The van der Waals surface area contributed by atoms with Crippen LogP contribution in [0.2, 0.25) is 0 Å². The first-order valence-corrected chi connectivity index (χ1v) is 13.4. The van der Waals surface area contributed by atoms with Crippen molar-refractivity contribution in [3.8, 4) is 11.3 Å². The molecule has 0 unspecified atom stereocenters. The Morgan fingerprint density at radius 1 is 0.879 bits per heavy atom. The van der Waals surface area contributed by atoms with Crippen LogP contribution in [0.4, 0.5) is 0 Å². The number of nitrogens with zero attached hydrogens (tertiary/aromatic N) is 2. The zero-order valence-corrected chi connectivity index (χ0v) is 21.3. The second-order valence-corrected chi connectivity index (χ2v) is 9.82. The van der Waals surface area contributed by atoms with Gasteiger partial charge in [0.05, 0.1) is 5.69 Å². The fourth-order valence-corrected chi connectivity index (χ4v) is 5.19. The van der Waals surface area contributed by atoms with Crippen molar-refractivity contribution in [1.82, 2.24) is 4.57 Å². The summed E-state index contributed by atoms with van der Waals surface area (Å²) in [6, 6.07) is 15.9. The maximum atomic E-state index is 12.8. The van der Waals surface area contributed by atoms with Crippen LogP contribution in [0.25, 0.3) is 11.3 Å². The predicted octanol–water partition coefficient (Wildman–Crippen LogP) is 8.11. The lowest BCUT2D eigenvalue weighted by Gasteiger charge is -2.12. The second kappa shape index (κ2) is 13.3. The summed E-state index contributed by atoms with van der Waals surface area (Å²) in [5.74, 6) is -0.176. The summed E-state index contributed by atoms with van der Waals surface area (Å²) >= 11 is 1.56. The average Bonchev–Trinajstić information content (AvgIpc) is 3.20. The Labute approximate surface area is 203 Å². The maximum absolute atomic E-state index is 12.8. The number of rotatable bonds is 12. The van der Waals surface area contributed by atoms with Crippen LogP contribution in [0, 0.1) is 13.8 Å². The van der Waals surface area contributed by atoms with Crippen LogP contribution in [0.5, 0.6) is 0 Å². The van der Waals surface area contributed by atoms with Crippen molar-refractivity contribution in [2.45, 2.75) is 85.1 Å². The Bertz CT molecular complexity index is 1080. The van der Waals surface area contributed by atoms with Crippen LogP contribution in [0.3, 0.4) is 0 Å². The van der Waals surface area contributed by atoms with Crippen LogP contribution in [-0.2, 0) is 6.54 Å². The fraction of sp³-hybridized carbons (Fsp3) is 0.448. The topological polar surface area (TPSA) is 34.4 Å². The van der Waals surface area contributed by atoms with E-state index in [4.69, 9.17) is 0 Å². The van der Waals surface area contributed by atoms with E-state index in [1.54, 1.807) is 11.3 Å². The molecule has 0 bridgehead atoms. The highest BCUT2D eigenvalue weighted by Gasteiger charge is 2.12. The number of amides is 1. The van der Waals surface area contributed by atoms with Crippen LogP contribution in [-0.4, -0.2) is 10.5 Å². The van der Waals surface area contributed by atoms with Crippen molar-refractivity contribution < 1.29 is 4.79 Å². The van der Waals surface area contributed by atoms with Crippen molar-refractivity contribution in [2.75, 3.05) is 0 Å². The van der Waals surface area contributed by atoms with Gasteiger partial charge in [0.2, 0.25) is 0 Å². The lowest BCUT2D eigenvalue weighted by molar-refractivity contribution is 0.0997. The first kappa shape index (κ1) is 25.2. The van der Waals surface area contributed by atoms with E-state index in [1.165, 1.54) is 68.1 Å². The summed E-state index contributed by atoms with van der Waals surface area (Å²) in [5.41, 5.74) is 5.54. The van der Waals surface area contributed by atoms with Crippen LogP contribution in [0.1, 0.15) is 86.2 Å². The molecule has 1 aromatic heterocycles. The van der Waals surface area contributed by atoms with E-state index in [1.807, 2.05) is 30.3 Å². The molecule has 0 aliphatic carbocycles. The van der Waals surface area contributed by atoms with E-state index in [0.717, 1.165) is 23.5 Å². The van der Waals surface area contributed by atoms with Gasteiger partial charge in [0.15, 0.2) is 4.80 Å². The van der Waals surface area contributed by atoms with E-state index < -0.39 is 0 Å². The molecule has 176 valence electrons. The molecule has 3 rings (SSSR count). The number of carbonyl (C=O) groups is 1. The number of thiazole rings is 1. The Kier molecular flexibility index (Phi) is 10.1. The molecule has 0 N–H and O–H groups in total. The fourth-order valence-electron chi connectivity index (χ4n) is 4.26. The van der Waals surface area contributed by atoms with Crippen molar-refractivity contribution in [2.24, 2.45) is 4.99 Å². The van der Waals surface area contributed by atoms with Gasteiger partial charge in [0.25, 0.3) is 5.91 Å². The summed E-state index contributed by atoms with van der Waals surface area (Å²) in [6.45, 7) is 7.44. The first-order valence-electron chi connectivity index (χ1n) is 12.5. The molecule has 0 fully saturated rings. The van der Waals surface area contributed by atoms with Gasteiger partial charge >= 0.3 is 0 Å². The molecule has 0 saturated heterocycles. The van der Waals surface area contributed by atoms with Gasteiger partial charge in [-0.15, -0.1) is 11.3 Å². The monoisotopic (exact) mass is 462 g/mol. The molecule has 1 heterocycles. The maximum Gasteiger partial charge on any atom is 0.279 e. The van der Waals surface area contributed by atoms with Crippen molar-refractivity contribution in [3.63, 3.8) is 0 Å². The van der Waals surface area contributed by atoms with Gasteiger partial charge in [-0.25, -0.2) is 0 Å². The Hall–Kier alpha value is -2.46. The number of aromatic nitrogens is 1. The van der Waals surface area contributed by atoms with Gasteiger partial charge in [-0.2, -0.15) is 4.99 Å². The second-order valence-electron chi connectivity index (χ2n) is 8.98. The third kappa shape index (κ3) is 7.53. The highest BCUT2D eigenvalue weighted by molar-refractivity contribution is 7.07. The SMILES string of the molecule is CCCCCCCCCCCn1c(-c2ccc(C)cc2C)csc1=NC(=O)c1ccccc1. The molecule has 3 aromatic rings. The lowest BCUT2D eigenvalue weighted by Crippen LogP contribution is -2.18. The summed E-state index contributed by atoms with van der Waals surface area (Å²) in [4.78, 5) is 18.1. The van der Waals surface area contributed by atoms with E-state index in [-0.39, 0.29) is 5.91 Å². The van der Waals surface area contributed by atoms with E-state index in [2.05, 4.69) is 53.9 Å². The molecule has 2 aromatic carbocycles. The highest BCUT2D eigenvalue weighted by atomic mass is 32.1. The molecule has 0 atom stereocenters. The van der Waals surface area contributed by atoms with Gasteiger partial charge in [-0.1, -0.05) is 100 Å². The van der Waals surface area contributed by atoms with Gasteiger partial charge in [-0.05, 0) is 38.0 Å². The van der Waals surface area contributed by atoms with Crippen LogP contribution in [0.15, 0.2) is 58.9 Å². The minimum absolute atomic E-state index is 0.176. The molecular formula is C29H38N2OS. The van der Waals surface area contributed by atoms with Crippen molar-refractivity contribution in [1.29, 1.82) is 0 Å². The largest absolute Gasteiger partial charge is 0.316 e. The van der Waals surface area contributed by atoms with Gasteiger partial charge in [0, 0.05) is 23.1 Å². The number of hydrogen-bond donors (Lipinski definition) is 0. The zero-order chi connectivity index (χ0) is 23.5. The summed E-state index contributed by atoms with van der Waals surface area (Å²) in [6.07, 6.45) is 11.7. The van der Waals surface area contributed by atoms with Crippen LogP contribution < -0.4 is 4.80 Å². The van der Waals surface area contributed by atoms with E-state index in [0.29, 0.717) is 5.56 Å². The minimum atomic E-state index is -0.176. The predicted molar refractivity (Wildman–Crippen MR) is 141 cm³/mol. The molecule has 0 spiro atoms. The normalized spacial score (nSPS) is 11.8. The summed E-state index contributed by atoms with van der Waals surface area (Å²) in [5, 5.41) is 2.16. The molecule has 0 aliphatic rings. The van der Waals surface area contributed by atoms with E-state index in [9.17, 15) is 4.79 Å². The Morgan fingerprint density at radius 2 is 1.55 bits per heavy atom. The lowest BCUT2D eigenvalue weighted by atomic mass is 10.0. The third-order valence-electron chi connectivity index (χ3n) is 6.16. The summed E-state index contributed by atoms with van der Waals surface area (Å²) < 4.78 is 2.25. The first-order chi connectivity index (χ1) is 16.1. The number of carbonyl (C=O) groups excluding carboxylic acids is 1. The smallest absolute Gasteiger partial charge is 0.279 e. The van der Waals surface area contributed by atoms with Gasteiger partial charge in [-0.3, -0.25) is 4.79 Å². The Balaban J connectivity index is 1.75. The number of unbranched alkanes of at least 4 members (excludes halogenated alkanes) is 8. The van der Waals surface area contributed by atoms with Crippen molar-refractivity contribution in [3.05, 3.63) is 75.4 Å². The molecule has 1 amide bonds. The molecular weight excluding hydrogens is 424 g/mol. The average molecular weight is 463 g/mol. The molecule has 0 aliphatic heterocycles. The number of hydrogen-bond acceptors (Lipinski definition) is 2. The molecule has 3 nitrogen and oxygen atoms in total. The number of benzene rings is 2.